The number of nitrogens with zero attached hydrogens (tertiary/aromatic N) is 1. The van der Waals surface area contributed by atoms with Crippen LogP contribution in [0, 0.1) is 0 Å². The van der Waals surface area contributed by atoms with E-state index in [9.17, 15) is 19.2 Å². The number of carbonyl (C=O) groups excluding carboxylic acids is 4. The van der Waals surface area contributed by atoms with Gasteiger partial charge < -0.3 is 30.7 Å². The topological polar surface area (TPSA) is 140 Å². The molecule has 0 spiro atoms. The lowest BCUT2D eigenvalue weighted by Gasteiger charge is -2.30. The molecule has 41 heavy (non-hydrogen) atoms. The highest BCUT2D eigenvalue weighted by molar-refractivity contribution is 5.85. The first kappa shape index (κ1) is 33.3. The minimum atomic E-state index is -0.876. The van der Waals surface area contributed by atoms with Gasteiger partial charge in [0.2, 0.25) is 5.91 Å². The Morgan fingerprint density at radius 3 is 2.17 bits per heavy atom. The van der Waals surface area contributed by atoms with Crippen LogP contribution in [0.2, 0.25) is 0 Å². The molecule has 2 rings (SSSR count). The van der Waals surface area contributed by atoms with Gasteiger partial charge in [-0.05, 0) is 44.7 Å². The Kier molecular flexibility index (Phi) is 13.8. The number of nitrogens with one attached hydrogen (secondary N) is 2. The maximum Gasteiger partial charge on any atom is 0.407 e. The van der Waals surface area contributed by atoms with Gasteiger partial charge in [-0.3, -0.25) is 9.59 Å². The number of rotatable bonds is 15. The third-order valence-electron chi connectivity index (χ3n) is 6.26. The van der Waals surface area contributed by atoms with Gasteiger partial charge in [-0.25, -0.2) is 9.59 Å². The van der Waals surface area contributed by atoms with Crippen LogP contribution >= 0.6 is 0 Å². The molecule has 0 aromatic heterocycles. The predicted molar refractivity (Wildman–Crippen MR) is 157 cm³/mol. The van der Waals surface area contributed by atoms with Crippen molar-refractivity contribution in [3.63, 3.8) is 0 Å². The molecule has 0 fully saturated rings. The molecular formula is C31H44N4O6. The van der Waals surface area contributed by atoms with E-state index in [0.717, 1.165) is 17.5 Å². The molecule has 0 saturated heterocycles. The minimum Gasteiger partial charge on any atom is -0.445 e. The van der Waals surface area contributed by atoms with E-state index < -0.39 is 23.8 Å². The highest BCUT2D eigenvalue weighted by Crippen LogP contribution is 2.21. The fraction of sp³-hybridized carbons (Fsp3) is 0.484. The molecule has 0 radical (unpaired) electrons. The molecule has 10 nitrogen and oxygen atoms in total. The number of carbonyl (C=O) groups is 4. The Balaban J connectivity index is 1.93. The van der Waals surface area contributed by atoms with Crippen molar-refractivity contribution < 1.29 is 28.7 Å². The molecular weight excluding hydrogens is 524 g/mol. The van der Waals surface area contributed by atoms with Gasteiger partial charge in [0.05, 0.1) is 12.6 Å². The summed E-state index contributed by atoms with van der Waals surface area (Å²) in [7, 11) is 0. The van der Waals surface area contributed by atoms with Crippen molar-refractivity contribution in [3.05, 3.63) is 71.8 Å². The second kappa shape index (κ2) is 17.0. The molecule has 0 bridgehead atoms. The number of amides is 3. The van der Waals surface area contributed by atoms with Crippen LogP contribution in [0.5, 0.6) is 0 Å². The molecule has 0 aliphatic rings. The number of benzene rings is 2. The van der Waals surface area contributed by atoms with Crippen molar-refractivity contribution in [3.8, 4) is 0 Å². The zero-order chi connectivity index (χ0) is 30.3. The molecule has 0 saturated carbocycles. The van der Waals surface area contributed by atoms with Crippen LogP contribution < -0.4 is 16.4 Å². The van der Waals surface area contributed by atoms with Crippen molar-refractivity contribution >= 4 is 23.9 Å². The average molecular weight is 569 g/mol. The molecule has 4 N–H and O–H groups in total. The zero-order valence-corrected chi connectivity index (χ0v) is 24.6. The van der Waals surface area contributed by atoms with E-state index in [2.05, 4.69) is 10.6 Å². The van der Waals surface area contributed by atoms with E-state index in [1.54, 1.807) is 25.7 Å². The van der Waals surface area contributed by atoms with E-state index in [4.69, 9.17) is 15.2 Å². The lowest BCUT2D eigenvalue weighted by Crippen LogP contribution is -2.47. The first-order valence-corrected chi connectivity index (χ1v) is 14.0. The molecule has 3 amide bonds. The average Bonchev–Trinajstić information content (AvgIpc) is 2.94. The van der Waals surface area contributed by atoms with Crippen molar-refractivity contribution in [2.24, 2.45) is 5.73 Å². The Hall–Kier alpha value is -3.92. The smallest absolute Gasteiger partial charge is 0.407 e. The maximum absolute atomic E-state index is 13.4. The predicted octanol–water partition coefficient (Wildman–Crippen LogP) is 4.14. The molecule has 2 aromatic rings. The summed E-state index contributed by atoms with van der Waals surface area (Å²) in [5.74, 6) is -0.505. The van der Waals surface area contributed by atoms with Gasteiger partial charge in [0, 0.05) is 32.0 Å². The van der Waals surface area contributed by atoms with Gasteiger partial charge in [0.15, 0.2) is 5.78 Å². The van der Waals surface area contributed by atoms with E-state index in [1.807, 2.05) is 67.6 Å². The molecule has 0 aliphatic carbocycles. The Labute approximate surface area is 242 Å². The quantitative estimate of drug-likeness (QED) is 0.293. The Morgan fingerprint density at radius 2 is 1.56 bits per heavy atom. The van der Waals surface area contributed by atoms with Gasteiger partial charge in [-0.2, -0.15) is 0 Å². The molecule has 224 valence electrons. The van der Waals surface area contributed by atoms with Crippen molar-refractivity contribution in [1.29, 1.82) is 0 Å². The fourth-order valence-electron chi connectivity index (χ4n) is 4.05. The van der Waals surface area contributed by atoms with Crippen LogP contribution in [-0.2, 0) is 25.7 Å². The summed E-state index contributed by atoms with van der Waals surface area (Å²) >= 11 is 0. The van der Waals surface area contributed by atoms with Crippen LogP contribution in [0.3, 0.4) is 0 Å². The highest BCUT2D eigenvalue weighted by Gasteiger charge is 2.25. The number of alkyl carbamates (subject to hydrolysis) is 2. The van der Waals surface area contributed by atoms with Crippen molar-refractivity contribution in [2.45, 2.75) is 71.1 Å². The number of hydrogen-bond acceptors (Lipinski definition) is 7. The van der Waals surface area contributed by atoms with Crippen LogP contribution in [0.1, 0.15) is 64.0 Å². The van der Waals surface area contributed by atoms with Crippen molar-refractivity contribution in [2.75, 3.05) is 26.2 Å². The van der Waals surface area contributed by atoms with E-state index in [1.165, 1.54) is 0 Å². The maximum atomic E-state index is 13.4. The van der Waals surface area contributed by atoms with Crippen molar-refractivity contribution in [1.82, 2.24) is 15.5 Å². The number of nitrogens with two attached hydrogens (primary N) is 1. The van der Waals surface area contributed by atoms with Crippen LogP contribution in [-0.4, -0.2) is 66.6 Å². The van der Waals surface area contributed by atoms with Crippen LogP contribution in [0.4, 0.5) is 9.59 Å². The van der Waals surface area contributed by atoms with Gasteiger partial charge in [0.25, 0.3) is 0 Å². The minimum absolute atomic E-state index is 0.0405. The first-order chi connectivity index (χ1) is 19.5. The molecule has 0 heterocycles. The largest absolute Gasteiger partial charge is 0.445 e. The molecule has 2 atom stereocenters. The molecule has 10 heteroatoms. The summed E-state index contributed by atoms with van der Waals surface area (Å²) in [6.07, 6.45) is -0.237. The summed E-state index contributed by atoms with van der Waals surface area (Å²) in [4.78, 5) is 51.5. The normalized spacial score (nSPS) is 12.5. The third kappa shape index (κ3) is 13.3. The Morgan fingerprint density at radius 1 is 0.927 bits per heavy atom. The highest BCUT2D eigenvalue weighted by atomic mass is 16.6. The fourth-order valence-corrected chi connectivity index (χ4v) is 4.05. The van der Waals surface area contributed by atoms with Gasteiger partial charge in [0.1, 0.15) is 12.2 Å². The lowest BCUT2D eigenvalue weighted by atomic mass is 9.95. The van der Waals surface area contributed by atoms with Gasteiger partial charge >= 0.3 is 12.2 Å². The van der Waals surface area contributed by atoms with Gasteiger partial charge in [-0.15, -0.1) is 0 Å². The summed E-state index contributed by atoms with van der Waals surface area (Å²) in [5, 5.41) is 5.09. The second-order valence-electron chi connectivity index (χ2n) is 10.8. The van der Waals surface area contributed by atoms with E-state index >= 15 is 0 Å². The lowest BCUT2D eigenvalue weighted by molar-refractivity contribution is -0.133. The van der Waals surface area contributed by atoms with E-state index in [0.29, 0.717) is 6.54 Å². The number of Topliss-reactive ketones (excluding diaryl/α,β-unsaturated/α-hetero) is 1. The summed E-state index contributed by atoms with van der Waals surface area (Å²) in [5.41, 5.74) is 7.52. The summed E-state index contributed by atoms with van der Waals surface area (Å²) in [6.45, 7) is 7.92. The van der Waals surface area contributed by atoms with Gasteiger partial charge in [-0.1, -0.05) is 67.6 Å². The van der Waals surface area contributed by atoms with Crippen LogP contribution in [0.25, 0.3) is 0 Å². The third-order valence-corrected chi connectivity index (χ3v) is 6.26. The molecule has 0 unspecified atom stereocenters. The number of ether oxygens (including phenoxy) is 2. The number of ketones is 1. The van der Waals surface area contributed by atoms with E-state index in [-0.39, 0.29) is 56.7 Å². The summed E-state index contributed by atoms with van der Waals surface area (Å²) < 4.78 is 10.4. The number of hydrogen-bond donors (Lipinski definition) is 3. The van der Waals surface area contributed by atoms with Crippen LogP contribution in [0.15, 0.2) is 60.7 Å². The second-order valence-corrected chi connectivity index (χ2v) is 10.8. The SMILES string of the molecule is CC[C@H](CN(CCC(=O)CNC(=O)OCc1ccccc1)C(=O)[C@@H](N)CCNC(=O)OC(C)(C)C)c1ccccc1. The molecule has 2 aromatic carbocycles. The monoisotopic (exact) mass is 568 g/mol. The molecule has 0 aliphatic heterocycles. The first-order valence-electron chi connectivity index (χ1n) is 14.0. The standard InChI is InChI=1S/C31H44N4O6/c1-5-24(25-14-10-7-11-15-25)21-35(28(37)27(32)16-18-33-30(39)41-31(2,3)4)19-17-26(36)20-34-29(38)40-22-23-12-8-6-9-13-23/h6-15,24,27H,5,16-22,32H2,1-4H3,(H,33,39)(H,34,38)/t24-,27+/m1/s1. The zero-order valence-electron chi connectivity index (χ0n) is 24.6. The summed E-state index contributed by atoms with van der Waals surface area (Å²) in [6, 6.07) is 18.2. The Bertz CT molecular complexity index is 1100.